The summed E-state index contributed by atoms with van der Waals surface area (Å²) in [6, 6.07) is -0.200. The van der Waals surface area contributed by atoms with Gasteiger partial charge in [0.1, 0.15) is 0 Å². The van der Waals surface area contributed by atoms with E-state index in [9.17, 15) is 4.79 Å². The lowest BCUT2D eigenvalue weighted by Gasteiger charge is -2.21. The Kier molecular flexibility index (Phi) is 5.40. The largest absolute Gasteiger partial charge is 0.368 e. The van der Waals surface area contributed by atoms with Crippen molar-refractivity contribution in [1.82, 2.24) is 5.32 Å². The molecule has 3 nitrogen and oxygen atoms in total. The van der Waals surface area contributed by atoms with Gasteiger partial charge in [0.15, 0.2) is 0 Å². The maximum atomic E-state index is 11.0. The van der Waals surface area contributed by atoms with Gasteiger partial charge in [-0.3, -0.25) is 4.79 Å². The van der Waals surface area contributed by atoms with Gasteiger partial charge in [-0.05, 0) is 6.54 Å². The molecule has 0 aliphatic rings. The Hall–Kier alpha value is -0.220. The Morgan fingerprint density at radius 1 is 1.54 bits per heavy atom. The molecule has 0 aromatic rings. The van der Waals surface area contributed by atoms with Crippen LogP contribution in [0, 0.1) is 0 Å². The average molecular weight is 204 g/mol. The van der Waals surface area contributed by atoms with E-state index in [0.29, 0.717) is 0 Å². The zero-order chi connectivity index (χ0) is 10.5. The van der Waals surface area contributed by atoms with Crippen LogP contribution >= 0.6 is 11.8 Å². The molecule has 0 spiro atoms. The van der Waals surface area contributed by atoms with Gasteiger partial charge in [0.05, 0.1) is 6.04 Å². The predicted octanol–water partition coefficient (Wildman–Crippen LogP) is 0.981. The summed E-state index contributed by atoms with van der Waals surface area (Å²) in [5.41, 5.74) is 5.24. The molecule has 78 valence electrons. The summed E-state index contributed by atoms with van der Waals surface area (Å²) in [6.07, 6.45) is 0. The Balaban J connectivity index is 3.90. The van der Waals surface area contributed by atoms with Crippen LogP contribution in [0.4, 0.5) is 0 Å². The first-order chi connectivity index (χ1) is 5.87. The molecule has 0 bridgehead atoms. The van der Waals surface area contributed by atoms with Crippen molar-refractivity contribution in [1.29, 1.82) is 0 Å². The first-order valence-electron chi connectivity index (χ1n) is 4.53. The van der Waals surface area contributed by atoms with Gasteiger partial charge in [0.2, 0.25) is 5.91 Å². The van der Waals surface area contributed by atoms with E-state index >= 15 is 0 Å². The van der Waals surface area contributed by atoms with Crippen LogP contribution < -0.4 is 11.1 Å². The maximum Gasteiger partial charge on any atom is 0.235 e. The van der Waals surface area contributed by atoms with Gasteiger partial charge in [-0.25, -0.2) is 0 Å². The lowest BCUT2D eigenvalue weighted by Crippen LogP contribution is -2.43. The summed E-state index contributed by atoms with van der Waals surface area (Å²) >= 11 is 1.75. The van der Waals surface area contributed by atoms with Gasteiger partial charge < -0.3 is 11.1 Å². The summed E-state index contributed by atoms with van der Waals surface area (Å²) in [5.74, 6) is 0.478. The first kappa shape index (κ1) is 12.8. The van der Waals surface area contributed by atoms with Crippen LogP contribution in [0.15, 0.2) is 0 Å². The molecular formula is C9H20N2OS. The Labute approximate surface area is 84.8 Å². The third-order valence-corrected chi connectivity index (χ3v) is 2.84. The number of hydrogen-bond donors (Lipinski definition) is 2. The van der Waals surface area contributed by atoms with Gasteiger partial charge >= 0.3 is 0 Å². The third-order valence-electron chi connectivity index (χ3n) is 1.48. The number of primary amides is 1. The van der Waals surface area contributed by atoms with E-state index in [2.05, 4.69) is 26.1 Å². The molecule has 0 fully saturated rings. The number of carbonyl (C=O) groups is 1. The van der Waals surface area contributed by atoms with Crippen LogP contribution in [-0.4, -0.2) is 29.0 Å². The van der Waals surface area contributed by atoms with Crippen LogP contribution in [0.1, 0.15) is 27.7 Å². The van der Waals surface area contributed by atoms with Crippen molar-refractivity contribution in [3.8, 4) is 0 Å². The number of rotatable bonds is 5. The summed E-state index contributed by atoms with van der Waals surface area (Å²) in [7, 11) is 0. The molecule has 0 radical (unpaired) electrons. The maximum absolute atomic E-state index is 11.0. The van der Waals surface area contributed by atoms with E-state index in [1.807, 2.05) is 6.92 Å². The normalized spacial score (nSPS) is 14.2. The van der Waals surface area contributed by atoms with Crippen LogP contribution in [0.5, 0.6) is 0 Å². The summed E-state index contributed by atoms with van der Waals surface area (Å²) in [4.78, 5) is 11.0. The molecule has 0 aromatic heterocycles. The fraction of sp³-hybridized carbons (Fsp3) is 0.889. The van der Waals surface area contributed by atoms with Gasteiger partial charge in [-0.2, -0.15) is 11.8 Å². The fourth-order valence-electron chi connectivity index (χ4n) is 0.821. The van der Waals surface area contributed by atoms with Gasteiger partial charge in [0.25, 0.3) is 0 Å². The summed E-state index contributed by atoms with van der Waals surface area (Å²) in [6.45, 7) is 9.13. The number of carbonyl (C=O) groups excluding carboxylic acids is 1. The van der Waals surface area contributed by atoms with Gasteiger partial charge in [0, 0.05) is 10.5 Å². The summed E-state index contributed by atoms with van der Waals surface area (Å²) < 4.78 is 0.184. The number of nitrogens with two attached hydrogens (primary N) is 1. The number of likely N-dealkylation sites (N-methyl/N-ethyl adjacent to an activating group) is 1. The number of nitrogens with one attached hydrogen (secondary N) is 1. The van der Waals surface area contributed by atoms with Gasteiger partial charge in [-0.1, -0.05) is 27.7 Å². The van der Waals surface area contributed by atoms with E-state index in [-0.39, 0.29) is 16.7 Å². The quantitative estimate of drug-likeness (QED) is 0.702. The smallest absolute Gasteiger partial charge is 0.235 e. The van der Waals surface area contributed by atoms with E-state index in [4.69, 9.17) is 5.73 Å². The fourth-order valence-corrected chi connectivity index (χ4v) is 1.77. The standard InChI is InChI=1S/C9H20N2OS/c1-5-11-7(8(10)12)6-13-9(2,3)4/h7,11H,5-6H2,1-4H3,(H2,10,12). The highest BCUT2D eigenvalue weighted by Crippen LogP contribution is 2.23. The molecule has 0 aliphatic heterocycles. The minimum Gasteiger partial charge on any atom is -0.368 e. The molecule has 1 atom stereocenters. The van der Waals surface area contributed by atoms with Crippen molar-refractivity contribution in [2.45, 2.75) is 38.5 Å². The molecule has 13 heavy (non-hydrogen) atoms. The molecule has 0 saturated carbocycles. The molecule has 1 amide bonds. The number of thioether (sulfide) groups is 1. The number of amides is 1. The Morgan fingerprint density at radius 3 is 2.38 bits per heavy atom. The van der Waals surface area contributed by atoms with Crippen molar-refractivity contribution in [2.24, 2.45) is 5.73 Å². The van der Waals surface area contributed by atoms with Crippen LogP contribution in [0.3, 0.4) is 0 Å². The SMILES string of the molecule is CCNC(CSC(C)(C)C)C(N)=O. The minimum absolute atomic E-state index is 0.184. The Morgan fingerprint density at radius 2 is 2.08 bits per heavy atom. The minimum atomic E-state index is -0.265. The zero-order valence-corrected chi connectivity index (χ0v) is 9.70. The van der Waals surface area contributed by atoms with E-state index in [1.54, 1.807) is 11.8 Å². The molecule has 0 aromatic carbocycles. The van der Waals surface area contributed by atoms with Crippen molar-refractivity contribution >= 4 is 17.7 Å². The predicted molar refractivity (Wildman–Crippen MR) is 58.9 cm³/mol. The lowest BCUT2D eigenvalue weighted by atomic mass is 10.3. The number of hydrogen-bond acceptors (Lipinski definition) is 3. The lowest BCUT2D eigenvalue weighted by molar-refractivity contribution is -0.119. The average Bonchev–Trinajstić information content (AvgIpc) is 1.95. The molecule has 4 heteroatoms. The second-order valence-electron chi connectivity index (χ2n) is 3.94. The second-order valence-corrected chi connectivity index (χ2v) is 5.78. The summed E-state index contributed by atoms with van der Waals surface area (Å²) in [5, 5.41) is 3.06. The topological polar surface area (TPSA) is 55.1 Å². The molecule has 0 heterocycles. The first-order valence-corrected chi connectivity index (χ1v) is 5.52. The van der Waals surface area contributed by atoms with Gasteiger partial charge in [-0.15, -0.1) is 0 Å². The molecule has 3 N–H and O–H groups in total. The van der Waals surface area contributed by atoms with Crippen molar-refractivity contribution in [2.75, 3.05) is 12.3 Å². The highest BCUT2D eigenvalue weighted by molar-refractivity contribution is 8.00. The molecule has 1 unspecified atom stereocenters. The molecule has 0 rings (SSSR count). The molecule has 0 aliphatic carbocycles. The van der Waals surface area contributed by atoms with Crippen molar-refractivity contribution in [3.05, 3.63) is 0 Å². The highest BCUT2D eigenvalue weighted by atomic mass is 32.2. The monoisotopic (exact) mass is 204 g/mol. The van der Waals surface area contributed by atoms with Crippen LogP contribution in [0.2, 0.25) is 0 Å². The Bertz CT molecular complexity index is 165. The van der Waals surface area contributed by atoms with E-state index in [1.165, 1.54) is 0 Å². The highest BCUT2D eigenvalue weighted by Gasteiger charge is 2.18. The molecular weight excluding hydrogens is 184 g/mol. The molecule has 0 saturated heterocycles. The third kappa shape index (κ3) is 6.90. The van der Waals surface area contributed by atoms with Crippen LogP contribution in [0.25, 0.3) is 0 Å². The zero-order valence-electron chi connectivity index (χ0n) is 8.89. The van der Waals surface area contributed by atoms with Crippen LogP contribution in [-0.2, 0) is 4.79 Å². The second kappa shape index (κ2) is 5.50. The van der Waals surface area contributed by atoms with E-state index in [0.717, 1.165) is 12.3 Å². The van der Waals surface area contributed by atoms with E-state index < -0.39 is 0 Å². The van der Waals surface area contributed by atoms with Crippen molar-refractivity contribution < 1.29 is 4.79 Å². The van der Waals surface area contributed by atoms with Crippen molar-refractivity contribution in [3.63, 3.8) is 0 Å².